The van der Waals surface area contributed by atoms with E-state index in [1.807, 2.05) is 18.2 Å². The van der Waals surface area contributed by atoms with Gasteiger partial charge in [0.1, 0.15) is 0 Å². The number of ether oxygens (including phenoxy) is 1. The van der Waals surface area contributed by atoms with E-state index in [0.717, 1.165) is 18.4 Å². The van der Waals surface area contributed by atoms with E-state index in [2.05, 4.69) is 41.3 Å². The molecule has 0 aliphatic carbocycles. The summed E-state index contributed by atoms with van der Waals surface area (Å²) in [4.78, 5) is 14.7. The van der Waals surface area contributed by atoms with Crippen molar-refractivity contribution in [2.24, 2.45) is 0 Å². The molecule has 2 saturated heterocycles. The second kappa shape index (κ2) is 6.17. The molecule has 2 atom stereocenters. The second-order valence-corrected chi connectivity index (χ2v) is 6.46. The number of carbonyl (C=O) groups is 1. The third kappa shape index (κ3) is 2.89. The Morgan fingerprint density at radius 2 is 1.52 bits per heavy atom. The minimum Gasteiger partial charge on any atom is -0.377 e. The van der Waals surface area contributed by atoms with Gasteiger partial charge in [-0.1, -0.05) is 54.6 Å². The van der Waals surface area contributed by atoms with Crippen molar-refractivity contribution in [1.82, 2.24) is 4.90 Å². The molecule has 2 fully saturated rings. The van der Waals surface area contributed by atoms with Gasteiger partial charge in [-0.25, -0.2) is 0 Å². The third-order valence-corrected chi connectivity index (χ3v) is 4.94. The van der Waals surface area contributed by atoms with Gasteiger partial charge in [0.2, 0.25) is 5.91 Å². The summed E-state index contributed by atoms with van der Waals surface area (Å²) >= 11 is 0. The molecule has 2 aromatic rings. The Bertz CT molecular complexity index is 665. The summed E-state index contributed by atoms with van der Waals surface area (Å²) < 4.78 is 5.56. The van der Waals surface area contributed by atoms with Crippen LogP contribution in [0.15, 0.2) is 54.6 Å². The van der Waals surface area contributed by atoms with Gasteiger partial charge in [-0.3, -0.25) is 4.79 Å². The van der Waals surface area contributed by atoms with Crippen molar-refractivity contribution >= 4 is 5.91 Å². The van der Waals surface area contributed by atoms with E-state index in [0.29, 0.717) is 31.7 Å². The average molecular weight is 307 g/mol. The molecular formula is C20H21NO2. The summed E-state index contributed by atoms with van der Waals surface area (Å²) in [6, 6.07) is 19.3. The molecule has 118 valence electrons. The number of hydrogen-bond acceptors (Lipinski definition) is 2. The fraction of sp³-hybridized carbons (Fsp3) is 0.350. The Balaban J connectivity index is 1.46. The summed E-state index contributed by atoms with van der Waals surface area (Å²) in [5.41, 5.74) is 3.48. The van der Waals surface area contributed by atoms with Crippen LogP contribution in [-0.2, 0) is 16.0 Å². The summed E-state index contributed by atoms with van der Waals surface area (Å²) in [6.45, 7) is 1.41. The molecule has 0 radical (unpaired) electrons. The predicted molar refractivity (Wildman–Crippen MR) is 90.1 cm³/mol. The first-order chi connectivity index (χ1) is 11.3. The SMILES string of the molecule is O=C(Cc1ccc(-c2ccccc2)cc1)N1C2CCC1COC2. The van der Waals surface area contributed by atoms with Crippen LogP contribution < -0.4 is 0 Å². The largest absolute Gasteiger partial charge is 0.377 e. The summed E-state index contributed by atoms with van der Waals surface area (Å²) in [7, 11) is 0. The van der Waals surface area contributed by atoms with Gasteiger partial charge in [-0.05, 0) is 29.5 Å². The summed E-state index contributed by atoms with van der Waals surface area (Å²) in [5.74, 6) is 0.244. The van der Waals surface area contributed by atoms with Gasteiger partial charge in [0.15, 0.2) is 0 Å². The minimum atomic E-state index is 0.244. The van der Waals surface area contributed by atoms with Gasteiger partial charge in [0, 0.05) is 0 Å². The first kappa shape index (κ1) is 14.5. The zero-order valence-corrected chi connectivity index (χ0v) is 13.2. The summed E-state index contributed by atoms with van der Waals surface area (Å²) in [6.07, 6.45) is 2.66. The molecule has 2 unspecified atom stereocenters. The van der Waals surface area contributed by atoms with Gasteiger partial charge < -0.3 is 9.64 Å². The maximum Gasteiger partial charge on any atom is 0.227 e. The van der Waals surface area contributed by atoms with Crippen molar-refractivity contribution in [3.05, 3.63) is 60.2 Å². The van der Waals surface area contributed by atoms with Crippen molar-refractivity contribution in [2.75, 3.05) is 13.2 Å². The van der Waals surface area contributed by atoms with E-state index >= 15 is 0 Å². The van der Waals surface area contributed by atoms with E-state index in [1.54, 1.807) is 0 Å². The van der Waals surface area contributed by atoms with E-state index in [9.17, 15) is 4.79 Å². The molecule has 2 aliphatic heterocycles. The molecule has 2 heterocycles. The van der Waals surface area contributed by atoms with E-state index < -0.39 is 0 Å². The third-order valence-electron chi connectivity index (χ3n) is 4.94. The van der Waals surface area contributed by atoms with Gasteiger partial charge in [0.05, 0.1) is 31.7 Å². The highest BCUT2D eigenvalue weighted by Crippen LogP contribution is 2.29. The van der Waals surface area contributed by atoms with E-state index in [-0.39, 0.29) is 5.91 Å². The molecule has 0 saturated carbocycles. The smallest absolute Gasteiger partial charge is 0.227 e. The van der Waals surface area contributed by atoms with Crippen LogP contribution in [0.4, 0.5) is 0 Å². The van der Waals surface area contributed by atoms with Crippen LogP contribution in [0.5, 0.6) is 0 Å². The lowest BCUT2D eigenvalue weighted by atomic mass is 10.0. The van der Waals surface area contributed by atoms with E-state index in [4.69, 9.17) is 4.74 Å². The molecule has 4 rings (SSSR count). The second-order valence-electron chi connectivity index (χ2n) is 6.46. The number of carbonyl (C=O) groups excluding carboxylic acids is 1. The average Bonchev–Trinajstić information content (AvgIpc) is 2.86. The lowest BCUT2D eigenvalue weighted by molar-refractivity contribution is -0.140. The number of hydrogen-bond donors (Lipinski definition) is 0. The Morgan fingerprint density at radius 3 is 2.17 bits per heavy atom. The predicted octanol–water partition coefficient (Wildman–Crippen LogP) is 3.29. The molecular weight excluding hydrogens is 286 g/mol. The summed E-state index contributed by atoms with van der Waals surface area (Å²) in [5, 5.41) is 0. The Labute approximate surface area is 136 Å². The highest BCUT2D eigenvalue weighted by Gasteiger charge is 2.39. The topological polar surface area (TPSA) is 29.5 Å². The molecule has 1 amide bonds. The molecule has 3 heteroatoms. The van der Waals surface area contributed by atoms with Crippen molar-refractivity contribution < 1.29 is 9.53 Å². The van der Waals surface area contributed by atoms with Gasteiger partial charge in [-0.15, -0.1) is 0 Å². The number of amides is 1. The van der Waals surface area contributed by atoms with Crippen LogP contribution in [-0.4, -0.2) is 36.1 Å². The number of rotatable bonds is 3. The Kier molecular flexibility index (Phi) is 3.88. The normalized spacial score (nSPS) is 23.0. The molecule has 2 bridgehead atoms. The lowest BCUT2D eigenvalue weighted by Gasteiger charge is -2.34. The van der Waals surface area contributed by atoms with Crippen molar-refractivity contribution in [1.29, 1.82) is 0 Å². The van der Waals surface area contributed by atoms with Crippen molar-refractivity contribution in [3.8, 4) is 11.1 Å². The van der Waals surface area contributed by atoms with Crippen LogP contribution in [0.3, 0.4) is 0 Å². The van der Waals surface area contributed by atoms with Gasteiger partial charge in [0.25, 0.3) is 0 Å². The zero-order chi connectivity index (χ0) is 15.6. The van der Waals surface area contributed by atoms with Crippen LogP contribution in [0.25, 0.3) is 11.1 Å². The van der Waals surface area contributed by atoms with E-state index in [1.165, 1.54) is 11.1 Å². The van der Waals surface area contributed by atoms with Crippen LogP contribution in [0, 0.1) is 0 Å². The first-order valence-corrected chi connectivity index (χ1v) is 8.34. The number of benzene rings is 2. The standard InChI is InChI=1S/C20H21NO2/c22-20(21-18-10-11-19(21)14-23-13-18)12-15-6-8-17(9-7-15)16-4-2-1-3-5-16/h1-9,18-19H,10-14H2. The monoisotopic (exact) mass is 307 g/mol. The maximum atomic E-state index is 12.7. The number of fused-ring (bicyclic) bond motifs is 2. The molecule has 3 nitrogen and oxygen atoms in total. The quantitative estimate of drug-likeness (QED) is 0.871. The fourth-order valence-corrected chi connectivity index (χ4v) is 3.75. The maximum absolute atomic E-state index is 12.7. The number of morpholine rings is 1. The molecule has 0 spiro atoms. The lowest BCUT2D eigenvalue weighted by Crippen LogP contribution is -2.49. The fourth-order valence-electron chi connectivity index (χ4n) is 3.75. The first-order valence-electron chi connectivity index (χ1n) is 8.34. The van der Waals surface area contributed by atoms with Crippen molar-refractivity contribution in [2.45, 2.75) is 31.3 Å². The Hall–Kier alpha value is -2.13. The van der Waals surface area contributed by atoms with Crippen LogP contribution in [0.2, 0.25) is 0 Å². The Morgan fingerprint density at radius 1 is 0.913 bits per heavy atom. The zero-order valence-electron chi connectivity index (χ0n) is 13.2. The van der Waals surface area contributed by atoms with Crippen LogP contribution in [0.1, 0.15) is 18.4 Å². The molecule has 0 N–H and O–H groups in total. The molecule has 0 aromatic heterocycles. The number of nitrogens with zero attached hydrogens (tertiary/aromatic N) is 1. The van der Waals surface area contributed by atoms with Gasteiger partial charge in [-0.2, -0.15) is 0 Å². The van der Waals surface area contributed by atoms with Crippen LogP contribution >= 0.6 is 0 Å². The van der Waals surface area contributed by atoms with Crippen molar-refractivity contribution in [3.63, 3.8) is 0 Å². The molecule has 23 heavy (non-hydrogen) atoms. The molecule has 2 aromatic carbocycles. The molecule has 2 aliphatic rings. The van der Waals surface area contributed by atoms with Gasteiger partial charge >= 0.3 is 0 Å². The highest BCUT2D eigenvalue weighted by atomic mass is 16.5. The highest BCUT2D eigenvalue weighted by molar-refractivity contribution is 5.80. The minimum absolute atomic E-state index is 0.244.